The van der Waals surface area contributed by atoms with E-state index in [4.69, 9.17) is 9.57 Å². The Morgan fingerprint density at radius 2 is 2.13 bits per heavy atom. The molecule has 0 amide bonds. The maximum absolute atomic E-state index is 11.2. The molecule has 0 spiro atoms. The predicted molar refractivity (Wildman–Crippen MR) is 55.4 cm³/mol. The summed E-state index contributed by atoms with van der Waals surface area (Å²) < 4.78 is 5.27. The highest BCUT2D eigenvalue weighted by atomic mass is 16.7. The lowest BCUT2D eigenvalue weighted by atomic mass is 10.1. The van der Waals surface area contributed by atoms with E-state index in [0.29, 0.717) is 6.42 Å². The number of aldehydes is 1. The molecule has 1 aliphatic heterocycles. The number of carbonyl (C=O) groups is 1. The van der Waals surface area contributed by atoms with Crippen molar-refractivity contribution in [1.29, 1.82) is 0 Å². The molecule has 1 heterocycles. The third-order valence-electron chi connectivity index (χ3n) is 2.72. The molecule has 4 heteroatoms. The largest absolute Gasteiger partial charge is 0.350 e. The van der Waals surface area contributed by atoms with Crippen LogP contribution in [0, 0.1) is 0 Å². The number of para-hydroxylation sites is 1. The van der Waals surface area contributed by atoms with Crippen molar-refractivity contribution in [3.8, 4) is 0 Å². The Balaban J connectivity index is 2.48. The Morgan fingerprint density at radius 1 is 1.40 bits per heavy atom. The van der Waals surface area contributed by atoms with Gasteiger partial charge in [0.2, 0.25) is 5.72 Å². The van der Waals surface area contributed by atoms with E-state index in [-0.39, 0.29) is 0 Å². The van der Waals surface area contributed by atoms with Gasteiger partial charge in [0.05, 0.1) is 12.8 Å². The Hall–Kier alpha value is -1.39. The van der Waals surface area contributed by atoms with Crippen LogP contribution in [0.3, 0.4) is 0 Å². The smallest absolute Gasteiger partial charge is 0.224 e. The number of benzene rings is 1. The Bertz CT molecular complexity index is 380. The molecular formula is C11H13NO3. The van der Waals surface area contributed by atoms with Crippen molar-refractivity contribution in [3.63, 3.8) is 0 Å². The second-order valence-electron chi connectivity index (χ2n) is 3.45. The van der Waals surface area contributed by atoms with Gasteiger partial charge in [-0.25, -0.2) is 5.06 Å². The molecular weight excluding hydrogens is 194 g/mol. The summed E-state index contributed by atoms with van der Waals surface area (Å²) in [6.07, 6.45) is 1.29. The predicted octanol–water partition coefficient (Wildman–Crippen LogP) is 1.15. The number of hydroxylamine groups is 1. The molecule has 1 atom stereocenters. The van der Waals surface area contributed by atoms with E-state index in [9.17, 15) is 4.79 Å². The van der Waals surface area contributed by atoms with Crippen LogP contribution in [0.15, 0.2) is 24.3 Å². The van der Waals surface area contributed by atoms with Gasteiger partial charge in [0.25, 0.3) is 0 Å². The average molecular weight is 207 g/mol. The lowest BCUT2D eigenvalue weighted by Gasteiger charge is -2.31. The van der Waals surface area contributed by atoms with Crippen molar-refractivity contribution in [3.05, 3.63) is 29.8 Å². The fourth-order valence-corrected chi connectivity index (χ4v) is 1.95. The molecule has 0 aromatic heterocycles. The number of methoxy groups -OCH3 is 1. The van der Waals surface area contributed by atoms with Gasteiger partial charge >= 0.3 is 0 Å². The highest BCUT2D eigenvalue weighted by Crippen LogP contribution is 2.37. The minimum absolute atomic E-state index is 0.511. The maximum Gasteiger partial charge on any atom is 0.224 e. The zero-order valence-corrected chi connectivity index (χ0v) is 8.77. The quantitative estimate of drug-likeness (QED) is 0.697. The fourth-order valence-electron chi connectivity index (χ4n) is 1.95. The number of fused-ring (bicyclic) bond motifs is 1. The van der Waals surface area contributed by atoms with Crippen molar-refractivity contribution in [2.75, 3.05) is 19.3 Å². The molecule has 0 saturated heterocycles. The van der Waals surface area contributed by atoms with Crippen molar-refractivity contribution in [2.24, 2.45) is 0 Å². The first-order valence-corrected chi connectivity index (χ1v) is 4.71. The number of ether oxygens (including phenoxy) is 1. The molecule has 15 heavy (non-hydrogen) atoms. The van der Waals surface area contributed by atoms with Gasteiger partial charge in [-0.3, -0.25) is 9.63 Å². The van der Waals surface area contributed by atoms with E-state index < -0.39 is 5.72 Å². The molecule has 4 nitrogen and oxygen atoms in total. The van der Waals surface area contributed by atoms with Crippen molar-refractivity contribution < 1.29 is 14.4 Å². The van der Waals surface area contributed by atoms with E-state index in [1.165, 1.54) is 19.3 Å². The standard InChI is InChI=1S/C11H13NO3/c1-14-11(8-13)7-9-5-3-4-6-10(9)12(11)15-2/h3-6,8H,7H2,1-2H3. The van der Waals surface area contributed by atoms with Gasteiger partial charge in [-0.05, 0) is 11.6 Å². The second-order valence-corrected chi connectivity index (χ2v) is 3.45. The molecule has 1 aliphatic rings. The Kier molecular flexibility index (Phi) is 2.46. The summed E-state index contributed by atoms with van der Waals surface area (Å²) in [4.78, 5) is 16.4. The van der Waals surface area contributed by atoms with Gasteiger partial charge in [-0.1, -0.05) is 18.2 Å². The summed E-state index contributed by atoms with van der Waals surface area (Å²) >= 11 is 0. The van der Waals surface area contributed by atoms with E-state index in [0.717, 1.165) is 17.5 Å². The molecule has 0 N–H and O–H groups in total. The molecule has 0 fully saturated rings. The van der Waals surface area contributed by atoms with Crippen LogP contribution in [0.1, 0.15) is 5.56 Å². The summed E-state index contributed by atoms with van der Waals surface area (Å²) in [6.45, 7) is 0. The summed E-state index contributed by atoms with van der Waals surface area (Å²) in [7, 11) is 3.03. The second kappa shape index (κ2) is 3.64. The molecule has 1 unspecified atom stereocenters. The van der Waals surface area contributed by atoms with Crippen LogP contribution in [0.4, 0.5) is 5.69 Å². The molecule has 80 valence electrons. The van der Waals surface area contributed by atoms with Crippen molar-refractivity contribution >= 4 is 12.0 Å². The van der Waals surface area contributed by atoms with Gasteiger partial charge < -0.3 is 4.74 Å². The highest BCUT2D eigenvalue weighted by Gasteiger charge is 2.45. The summed E-state index contributed by atoms with van der Waals surface area (Å²) in [6, 6.07) is 7.71. The minimum atomic E-state index is -1.02. The summed E-state index contributed by atoms with van der Waals surface area (Å²) in [5.41, 5.74) is 0.917. The van der Waals surface area contributed by atoms with Gasteiger partial charge in [-0.2, -0.15) is 0 Å². The SMILES string of the molecule is CON1c2ccccc2CC1(C=O)OC. The first kappa shape index (κ1) is 10.1. The first-order valence-electron chi connectivity index (χ1n) is 4.71. The average Bonchev–Trinajstić information content (AvgIpc) is 2.62. The molecule has 0 aliphatic carbocycles. The molecule has 0 bridgehead atoms. The van der Waals surface area contributed by atoms with Crippen LogP contribution < -0.4 is 5.06 Å². The normalized spacial score (nSPS) is 24.0. The number of anilines is 1. The minimum Gasteiger partial charge on any atom is -0.350 e. The highest BCUT2D eigenvalue weighted by molar-refractivity contribution is 5.75. The molecule has 0 saturated carbocycles. The van der Waals surface area contributed by atoms with Gasteiger partial charge in [0, 0.05) is 13.5 Å². The maximum atomic E-state index is 11.2. The zero-order valence-electron chi connectivity index (χ0n) is 8.77. The number of hydrogen-bond acceptors (Lipinski definition) is 4. The number of nitrogens with zero attached hydrogens (tertiary/aromatic N) is 1. The van der Waals surface area contributed by atoms with E-state index >= 15 is 0 Å². The van der Waals surface area contributed by atoms with Crippen LogP contribution in [0.2, 0.25) is 0 Å². The van der Waals surface area contributed by atoms with Crippen molar-refractivity contribution in [1.82, 2.24) is 0 Å². The van der Waals surface area contributed by atoms with Crippen LogP contribution in [0.5, 0.6) is 0 Å². The lowest BCUT2D eigenvalue weighted by Crippen LogP contribution is -2.49. The number of carbonyl (C=O) groups excluding carboxylic acids is 1. The summed E-state index contributed by atoms with van der Waals surface area (Å²) in [5, 5.41) is 1.51. The lowest BCUT2D eigenvalue weighted by molar-refractivity contribution is -0.136. The first-order chi connectivity index (χ1) is 7.27. The molecule has 0 radical (unpaired) electrons. The van der Waals surface area contributed by atoms with Crippen LogP contribution >= 0.6 is 0 Å². The Labute approximate surface area is 88.4 Å². The molecule has 2 rings (SSSR count). The monoisotopic (exact) mass is 207 g/mol. The zero-order chi connectivity index (χ0) is 10.9. The third-order valence-corrected chi connectivity index (χ3v) is 2.72. The van der Waals surface area contributed by atoms with Crippen molar-refractivity contribution in [2.45, 2.75) is 12.1 Å². The third kappa shape index (κ3) is 1.33. The molecule has 1 aromatic carbocycles. The fraction of sp³-hybridized carbons (Fsp3) is 0.364. The van der Waals surface area contributed by atoms with E-state index in [1.807, 2.05) is 24.3 Å². The topological polar surface area (TPSA) is 38.8 Å². The number of hydrogen-bond donors (Lipinski definition) is 0. The Morgan fingerprint density at radius 3 is 2.73 bits per heavy atom. The van der Waals surface area contributed by atoms with Crippen LogP contribution in [-0.4, -0.2) is 26.2 Å². The number of rotatable bonds is 3. The van der Waals surface area contributed by atoms with Crippen LogP contribution in [-0.2, 0) is 20.8 Å². The molecule has 1 aromatic rings. The van der Waals surface area contributed by atoms with E-state index in [1.54, 1.807) is 0 Å². The van der Waals surface area contributed by atoms with Gasteiger partial charge in [0.1, 0.15) is 0 Å². The van der Waals surface area contributed by atoms with Gasteiger partial charge in [0.15, 0.2) is 6.29 Å². The van der Waals surface area contributed by atoms with Crippen LogP contribution in [0.25, 0.3) is 0 Å². The summed E-state index contributed by atoms with van der Waals surface area (Å²) in [5.74, 6) is 0. The van der Waals surface area contributed by atoms with Gasteiger partial charge in [-0.15, -0.1) is 0 Å². The van der Waals surface area contributed by atoms with E-state index in [2.05, 4.69) is 0 Å².